The molecule has 0 heterocycles. The van der Waals surface area contributed by atoms with Crippen LogP contribution in [-0.4, -0.2) is 61.2 Å². The van der Waals surface area contributed by atoms with Gasteiger partial charge < -0.3 is 25.0 Å². The van der Waals surface area contributed by atoms with Crippen molar-refractivity contribution in [2.45, 2.75) is 16.7 Å². The van der Waals surface area contributed by atoms with Crippen molar-refractivity contribution in [2.75, 3.05) is 19.5 Å². The summed E-state index contributed by atoms with van der Waals surface area (Å²) in [5, 5.41) is 50.3. The van der Waals surface area contributed by atoms with Crippen LogP contribution in [0.25, 0.3) is 10.8 Å². The van der Waals surface area contributed by atoms with Gasteiger partial charge in [0.1, 0.15) is 32.5 Å². The monoisotopic (exact) mass is 690 g/mol. The molecule has 0 radical (unpaired) electrons. The second-order valence-corrected chi connectivity index (χ2v) is 12.1. The maximum Gasteiger partial charge on any atom is 0.314 e. The zero-order valence-corrected chi connectivity index (χ0v) is 25.8. The number of aromatic hydroxyl groups is 2. The van der Waals surface area contributed by atoms with E-state index in [-0.39, 0.29) is 33.9 Å². The van der Waals surface area contributed by atoms with Gasteiger partial charge in [-0.15, -0.1) is 20.5 Å². The van der Waals surface area contributed by atoms with Gasteiger partial charge in [-0.25, -0.2) is 0 Å². The Kier molecular flexibility index (Phi) is 9.38. The minimum absolute atomic E-state index is 0.0173. The standard InChI is InChI=1S/C26H22N6O13S2/c1-12(33)27-14-5-7-15(21(9-14)46(38,39)40)28-29-16-6-4-13-8-22(47(41,42)43)24(26(35)23(13)25(16)34)31-30-17-10-20(45-3)18(32(36)37)11-19(17)44-2/h4-11,34-35H,1-3H3,(H,27,33)(H,38,39,40)(H,41,42,43)/b29-28+,31-30+. The average Bonchev–Trinajstić information content (AvgIpc) is 2.98. The Morgan fingerprint density at radius 3 is 1.96 bits per heavy atom. The van der Waals surface area contributed by atoms with E-state index in [0.717, 1.165) is 50.6 Å². The quantitative estimate of drug-likeness (QED) is 0.0598. The fraction of sp³-hybridized carbons (Fsp3) is 0.115. The van der Waals surface area contributed by atoms with Crippen molar-refractivity contribution >= 4 is 71.0 Å². The summed E-state index contributed by atoms with van der Waals surface area (Å²) in [7, 11) is -7.66. The minimum Gasteiger partial charge on any atom is -0.505 e. The second kappa shape index (κ2) is 12.9. The molecule has 4 aromatic rings. The molecule has 5 N–H and O–H groups in total. The summed E-state index contributed by atoms with van der Waals surface area (Å²) >= 11 is 0. The number of nitro benzene ring substituents is 1. The predicted octanol–water partition coefficient (Wildman–Crippen LogP) is 5.46. The first kappa shape index (κ1) is 34.1. The van der Waals surface area contributed by atoms with Crippen LogP contribution in [0.4, 0.5) is 34.1 Å². The Morgan fingerprint density at radius 1 is 0.787 bits per heavy atom. The summed E-state index contributed by atoms with van der Waals surface area (Å²) in [5.41, 5.74) is -2.36. The van der Waals surface area contributed by atoms with Crippen LogP contribution in [0.5, 0.6) is 23.0 Å². The van der Waals surface area contributed by atoms with Crippen LogP contribution in [0.2, 0.25) is 0 Å². The molecule has 21 heteroatoms. The highest BCUT2D eigenvalue weighted by molar-refractivity contribution is 7.86. The number of rotatable bonds is 10. The van der Waals surface area contributed by atoms with Gasteiger partial charge in [0.15, 0.2) is 23.0 Å². The van der Waals surface area contributed by atoms with Crippen molar-refractivity contribution in [3.63, 3.8) is 0 Å². The van der Waals surface area contributed by atoms with Gasteiger partial charge >= 0.3 is 5.69 Å². The van der Waals surface area contributed by atoms with Gasteiger partial charge in [-0.3, -0.25) is 24.0 Å². The summed E-state index contributed by atoms with van der Waals surface area (Å²) in [6.45, 7) is 1.17. The maximum atomic E-state index is 12.2. The lowest BCUT2D eigenvalue weighted by Crippen LogP contribution is -2.07. The Hall–Kier alpha value is -5.77. The van der Waals surface area contributed by atoms with E-state index in [9.17, 15) is 51.1 Å². The molecule has 1 amide bonds. The lowest BCUT2D eigenvalue weighted by atomic mass is 10.1. The number of anilines is 1. The normalized spacial score (nSPS) is 12.1. The summed E-state index contributed by atoms with van der Waals surface area (Å²) in [6.07, 6.45) is 0. The van der Waals surface area contributed by atoms with Gasteiger partial charge in [0.25, 0.3) is 20.2 Å². The van der Waals surface area contributed by atoms with E-state index in [2.05, 4.69) is 25.8 Å². The number of hydrogen-bond donors (Lipinski definition) is 5. The van der Waals surface area contributed by atoms with E-state index < -0.39 is 74.8 Å². The number of azo groups is 2. The number of nitro groups is 1. The first-order chi connectivity index (χ1) is 22.0. The predicted molar refractivity (Wildman–Crippen MR) is 162 cm³/mol. The highest BCUT2D eigenvalue weighted by Gasteiger charge is 2.26. The van der Waals surface area contributed by atoms with E-state index in [4.69, 9.17) is 9.47 Å². The molecular weight excluding hydrogens is 668 g/mol. The summed E-state index contributed by atoms with van der Waals surface area (Å²) < 4.78 is 78.0. The van der Waals surface area contributed by atoms with E-state index >= 15 is 0 Å². The van der Waals surface area contributed by atoms with Crippen molar-refractivity contribution in [1.82, 2.24) is 0 Å². The molecule has 246 valence electrons. The van der Waals surface area contributed by atoms with Crippen molar-refractivity contribution in [3.05, 3.63) is 58.6 Å². The Balaban J connectivity index is 1.89. The van der Waals surface area contributed by atoms with Crippen molar-refractivity contribution < 1.29 is 55.3 Å². The van der Waals surface area contributed by atoms with Crippen LogP contribution in [0.3, 0.4) is 0 Å². The SMILES string of the molecule is COc1cc([N+](=O)[O-])c(OC)cc1/N=N/c1c(S(=O)(=O)O)cc2ccc(/N=N/c3ccc(NC(C)=O)cc3S(=O)(=O)O)c(O)c2c1O. The molecule has 0 spiro atoms. The van der Waals surface area contributed by atoms with Crippen LogP contribution in [0, 0.1) is 10.1 Å². The van der Waals surface area contributed by atoms with Gasteiger partial charge in [0.05, 0.1) is 30.6 Å². The molecular formula is C26H22N6O13S2. The number of hydrogen-bond acceptors (Lipinski definition) is 15. The van der Waals surface area contributed by atoms with E-state index in [0.29, 0.717) is 0 Å². The minimum atomic E-state index is -5.09. The number of nitrogens with zero attached hydrogens (tertiary/aromatic N) is 5. The number of phenols is 2. The van der Waals surface area contributed by atoms with Crippen LogP contribution in [-0.2, 0) is 25.0 Å². The molecule has 19 nitrogen and oxygen atoms in total. The summed E-state index contributed by atoms with van der Waals surface area (Å²) in [5.74, 6) is -2.81. The fourth-order valence-electron chi connectivity index (χ4n) is 4.17. The largest absolute Gasteiger partial charge is 0.505 e. The first-order valence-electron chi connectivity index (χ1n) is 12.6. The third kappa shape index (κ3) is 7.22. The van der Waals surface area contributed by atoms with Crippen molar-refractivity contribution in [3.8, 4) is 23.0 Å². The highest BCUT2D eigenvalue weighted by atomic mass is 32.2. The van der Waals surface area contributed by atoms with Crippen LogP contribution in [0.1, 0.15) is 6.92 Å². The number of fused-ring (bicyclic) bond motifs is 1. The molecule has 47 heavy (non-hydrogen) atoms. The Morgan fingerprint density at radius 2 is 1.38 bits per heavy atom. The highest BCUT2D eigenvalue weighted by Crippen LogP contribution is 2.48. The number of phenolic OH excluding ortho intramolecular Hbond substituents is 2. The number of amides is 1. The molecule has 0 fully saturated rings. The number of methoxy groups -OCH3 is 2. The van der Waals surface area contributed by atoms with Crippen molar-refractivity contribution in [2.24, 2.45) is 20.5 Å². The first-order valence-corrected chi connectivity index (χ1v) is 15.5. The molecule has 0 atom stereocenters. The van der Waals surface area contributed by atoms with Crippen LogP contribution < -0.4 is 14.8 Å². The Labute approximate surface area is 264 Å². The molecule has 0 unspecified atom stereocenters. The molecule has 4 rings (SSSR count). The molecule has 0 aliphatic carbocycles. The zero-order valence-electron chi connectivity index (χ0n) is 24.1. The topological polar surface area (TPSA) is 289 Å². The molecule has 0 saturated carbocycles. The molecule has 0 aliphatic rings. The second-order valence-electron chi connectivity index (χ2n) is 9.27. The van der Waals surface area contributed by atoms with Gasteiger partial charge in [0, 0.05) is 18.7 Å². The number of carbonyl (C=O) groups is 1. The summed E-state index contributed by atoms with van der Waals surface area (Å²) in [4.78, 5) is 20.3. The van der Waals surface area contributed by atoms with Gasteiger partial charge in [0.2, 0.25) is 5.91 Å². The van der Waals surface area contributed by atoms with Gasteiger partial charge in [-0.05, 0) is 35.7 Å². The number of benzene rings is 4. The third-order valence-corrected chi connectivity index (χ3v) is 7.96. The molecule has 0 saturated heterocycles. The fourth-order valence-corrected chi connectivity index (χ4v) is 5.47. The average molecular weight is 691 g/mol. The number of ether oxygens (including phenoxy) is 2. The Bertz CT molecular complexity index is 2240. The number of carbonyl (C=O) groups excluding carboxylic acids is 1. The molecule has 0 bridgehead atoms. The van der Waals surface area contributed by atoms with E-state index in [1.807, 2.05) is 0 Å². The van der Waals surface area contributed by atoms with Gasteiger partial charge in [-0.2, -0.15) is 16.8 Å². The number of nitrogens with one attached hydrogen (secondary N) is 1. The van der Waals surface area contributed by atoms with Crippen LogP contribution in [0.15, 0.2) is 78.8 Å². The lowest BCUT2D eigenvalue weighted by Gasteiger charge is -2.11. The van der Waals surface area contributed by atoms with E-state index in [1.165, 1.54) is 19.1 Å². The molecule has 0 aliphatic heterocycles. The summed E-state index contributed by atoms with van der Waals surface area (Å²) in [6, 6.07) is 8.43. The lowest BCUT2D eigenvalue weighted by molar-refractivity contribution is -0.385. The zero-order chi connectivity index (χ0) is 34.8. The molecule has 0 aromatic heterocycles. The molecule has 4 aromatic carbocycles. The van der Waals surface area contributed by atoms with E-state index in [1.54, 1.807) is 0 Å². The van der Waals surface area contributed by atoms with Crippen LogP contribution >= 0.6 is 0 Å². The third-order valence-electron chi connectivity index (χ3n) is 6.21. The van der Waals surface area contributed by atoms with Crippen molar-refractivity contribution in [1.29, 1.82) is 0 Å². The maximum absolute atomic E-state index is 12.2. The van der Waals surface area contributed by atoms with Gasteiger partial charge in [-0.1, -0.05) is 6.07 Å². The smallest absolute Gasteiger partial charge is 0.314 e.